The maximum absolute atomic E-state index is 13.7. The molecule has 1 aliphatic carbocycles. The van der Waals surface area contributed by atoms with Gasteiger partial charge in [-0.2, -0.15) is 0 Å². The van der Waals surface area contributed by atoms with Crippen molar-refractivity contribution in [1.82, 2.24) is 24.0 Å². The summed E-state index contributed by atoms with van der Waals surface area (Å²) in [5.74, 6) is 1.04. The first-order chi connectivity index (χ1) is 17.4. The van der Waals surface area contributed by atoms with E-state index in [1.165, 1.54) is 15.5 Å². The minimum absolute atomic E-state index is 0.0620. The molecule has 1 aromatic carbocycles. The largest absolute Gasteiger partial charge is 0.490 e. The molecule has 0 unspecified atom stereocenters. The molecule has 0 atom stereocenters. The van der Waals surface area contributed by atoms with Crippen molar-refractivity contribution in [3.63, 3.8) is 0 Å². The molecule has 0 spiro atoms. The maximum atomic E-state index is 13.7. The SMILES string of the molecule is C/C=C(\C=C\CCC(=O)/C=C/CN(C)C)n1c(=O)n(-c2ccc(OC3CC3)cc2)c2c(N)ncnc21. The van der Waals surface area contributed by atoms with Crippen LogP contribution in [0.5, 0.6) is 5.75 Å². The molecule has 0 bridgehead atoms. The highest BCUT2D eigenvalue weighted by Crippen LogP contribution is 2.28. The zero-order valence-corrected chi connectivity index (χ0v) is 20.9. The third-order valence-corrected chi connectivity index (χ3v) is 5.75. The summed E-state index contributed by atoms with van der Waals surface area (Å²) in [6.45, 7) is 2.57. The molecule has 4 rings (SSSR count). The Morgan fingerprint density at radius 3 is 2.58 bits per heavy atom. The fourth-order valence-corrected chi connectivity index (χ4v) is 3.78. The fraction of sp³-hybridized carbons (Fsp3) is 0.333. The van der Waals surface area contributed by atoms with Crippen LogP contribution in [0.15, 0.2) is 65.8 Å². The number of rotatable bonds is 11. The van der Waals surface area contributed by atoms with E-state index in [1.807, 2.05) is 74.5 Å². The van der Waals surface area contributed by atoms with Crippen LogP contribution in [-0.2, 0) is 4.79 Å². The lowest BCUT2D eigenvalue weighted by molar-refractivity contribution is -0.114. The van der Waals surface area contributed by atoms with Gasteiger partial charge >= 0.3 is 5.69 Å². The topological polar surface area (TPSA) is 108 Å². The van der Waals surface area contributed by atoms with Gasteiger partial charge in [-0.05, 0) is 76.7 Å². The molecular formula is C27H32N6O3. The van der Waals surface area contributed by atoms with Crippen LogP contribution in [0.2, 0.25) is 0 Å². The van der Waals surface area contributed by atoms with Crippen LogP contribution in [0.25, 0.3) is 22.5 Å². The van der Waals surface area contributed by atoms with Crippen LogP contribution in [0.3, 0.4) is 0 Å². The van der Waals surface area contributed by atoms with Gasteiger partial charge in [-0.1, -0.05) is 18.2 Å². The average Bonchev–Trinajstić information content (AvgIpc) is 3.61. The molecule has 188 valence electrons. The number of likely N-dealkylation sites (N-methyl/N-ethyl adjacent to an activating group) is 1. The lowest BCUT2D eigenvalue weighted by Crippen LogP contribution is -2.22. The molecule has 0 aliphatic heterocycles. The number of nitrogens with zero attached hydrogens (tertiary/aromatic N) is 5. The highest BCUT2D eigenvalue weighted by Gasteiger charge is 2.24. The summed E-state index contributed by atoms with van der Waals surface area (Å²) >= 11 is 0. The highest BCUT2D eigenvalue weighted by molar-refractivity contribution is 5.90. The molecule has 3 aromatic rings. The third kappa shape index (κ3) is 5.80. The Morgan fingerprint density at radius 1 is 1.17 bits per heavy atom. The molecule has 2 heterocycles. The second-order valence-corrected chi connectivity index (χ2v) is 8.98. The standard InChI is InChI=1S/C27H32N6O3/c1-4-19(8-5-6-9-21(34)10-7-17-31(2)3)33-26-24(25(28)29-18-30-26)32(27(33)35)20-11-13-22(14-12-20)36-23-15-16-23/h4-5,7-8,10-14,18,23H,6,9,15-17H2,1-3H3,(H2,28,29,30)/b8-5+,10-7+,19-4+. The minimum Gasteiger partial charge on any atom is -0.490 e. The molecule has 0 saturated heterocycles. The van der Waals surface area contributed by atoms with Gasteiger partial charge in [-0.25, -0.2) is 19.3 Å². The lowest BCUT2D eigenvalue weighted by atomic mass is 10.2. The van der Waals surface area contributed by atoms with Crippen molar-refractivity contribution in [1.29, 1.82) is 0 Å². The quantitative estimate of drug-likeness (QED) is 0.325. The molecule has 36 heavy (non-hydrogen) atoms. The van der Waals surface area contributed by atoms with Gasteiger partial charge in [0.2, 0.25) is 0 Å². The van der Waals surface area contributed by atoms with E-state index in [0.717, 1.165) is 25.1 Å². The van der Waals surface area contributed by atoms with Crippen molar-refractivity contribution in [3.8, 4) is 11.4 Å². The highest BCUT2D eigenvalue weighted by atomic mass is 16.5. The number of ketones is 1. The molecule has 1 aliphatic rings. The normalized spacial score (nSPS) is 14.5. The second-order valence-electron chi connectivity index (χ2n) is 8.98. The van der Waals surface area contributed by atoms with Crippen LogP contribution in [0.1, 0.15) is 32.6 Å². The number of nitrogen functional groups attached to an aromatic ring is 1. The van der Waals surface area contributed by atoms with E-state index in [1.54, 1.807) is 6.08 Å². The summed E-state index contributed by atoms with van der Waals surface area (Å²) < 4.78 is 8.86. The first-order valence-corrected chi connectivity index (χ1v) is 12.1. The summed E-state index contributed by atoms with van der Waals surface area (Å²) in [5.41, 5.74) is 8.01. The number of fused-ring (bicyclic) bond motifs is 1. The van der Waals surface area contributed by atoms with E-state index in [-0.39, 0.29) is 23.4 Å². The minimum atomic E-state index is -0.312. The maximum Gasteiger partial charge on any atom is 0.339 e. The molecule has 9 nitrogen and oxygen atoms in total. The van der Waals surface area contributed by atoms with Crippen molar-refractivity contribution < 1.29 is 9.53 Å². The molecule has 1 fully saturated rings. The Morgan fingerprint density at radius 2 is 1.92 bits per heavy atom. The van der Waals surface area contributed by atoms with E-state index in [9.17, 15) is 9.59 Å². The van der Waals surface area contributed by atoms with Crippen molar-refractivity contribution in [2.75, 3.05) is 26.4 Å². The molecular weight excluding hydrogens is 456 g/mol. The van der Waals surface area contributed by atoms with Crippen LogP contribution in [-0.4, -0.2) is 56.5 Å². The molecule has 0 amide bonds. The number of anilines is 1. The molecule has 2 aromatic heterocycles. The number of aromatic nitrogens is 4. The van der Waals surface area contributed by atoms with Crippen molar-refractivity contribution in [3.05, 3.63) is 71.5 Å². The summed E-state index contributed by atoms with van der Waals surface area (Å²) in [7, 11) is 3.90. The van der Waals surface area contributed by atoms with E-state index in [2.05, 4.69) is 9.97 Å². The van der Waals surface area contributed by atoms with Crippen molar-refractivity contribution in [2.24, 2.45) is 0 Å². The van der Waals surface area contributed by atoms with Crippen LogP contribution >= 0.6 is 0 Å². The Kier molecular flexibility index (Phi) is 7.80. The predicted octanol–water partition coefficient (Wildman–Crippen LogP) is 3.59. The van der Waals surface area contributed by atoms with E-state index in [0.29, 0.717) is 35.4 Å². The second kappa shape index (κ2) is 11.2. The fourth-order valence-electron chi connectivity index (χ4n) is 3.78. The average molecular weight is 489 g/mol. The number of allylic oxidation sites excluding steroid dienone is 5. The molecule has 9 heteroatoms. The number of nitrogens with two attached hydrogens (primary N) is 1. The van der Waals surface area contributed by atoms with Gasteiger partial charge in [-0.15, -0.1) is 0 Å². The van der Waals surface area contributed by atoms with Gasteiger partial charge in [0.25, 0.3) is 0 Å². The van der Waals surface area contributed by atoms with E-state index in [4.69, 9.17) is 10.5 Å². The molecule has 2 N–H and O–H groups in total. The first kappa shape index (κ1) is 25.1. The molecule has 0 radical (unpaired) electrons. The number of imidazole rings is 1. The van der Waals surface area contributed by atoms with Gasteiger partial charge < -0.3 is 15.4 Å². The number of hydrogen-bond acceptors (Lipinski definition) is 7. The van der Waals surface area contributed by atoms with Gasteiger partial charge in [0, 0.05) is 18.7 Å². The van der Waals surface area contributed by atoms with Gasteiger partial charge in [0.05, 0.1) is 11.8 Å². The summed E-state index contributed by atoms with van der Waals surface area (Å²) in [5, 5.41) is 0. The Balaban J connectivity index is 1.60. The van der Waals surface area contributed by atoms with Gasteiger partial charge in [0.15, 0.2) is 17.2 Å². The zero-order chi connectivity index (χ0) is 25.7. The Bertz CT molecular complexity index is 1370. The van der Waals surface area contributed by atoms with E-state index < -0.39 is 0 Å². The van der Waals surface area contributed by atoms with E-state index >= 15 is 0 Å². The number of ether oxygens (including phenoxy) is 1. The number of hydrogen-bond donors (Lipinski definition) is 1. The summed E-state index contributed by atoms with van der Waals surface area (Å²) in [6.07, 6.45) is 13.7. The zero-order valence-electron chi connectivity index (χ0n) is 20.9. The summed E-state index contributed by atoms with van der Waals surface area (Å²) in [4.78, 5) is 36.2. The number of carbonyl (C=O) groups excluding carboxylic acids is 1. The smallest absolute Gasteiger partial charge is 0.339 e. The van der Waals surface area contributed by atoms with Crippen molar-refractivity contribution in [2.45, 2.75) is 38.7 Å². The third-order valence-electron chi connectivity index (χ3n) is 5.75. The van der Waals surface area contributed by atoms with Gasteiger partial charge in [0.1, 0.15) is 17.6 Å². The predicted molar refractivity (Wildman–Crippen MR) is 142 cm³/mol. The van der Waals surface area contributed by atoms with Crippen molar-refractivity contribution >= 4 is 28.5 Å². The number of carbonyl (C=O) groups is 1. The summed E-state index contributed by atoms with van der Waals surface area (Å²) in [6, 6.07) is 7.36. The Hall–Kier alpha value is -3.98. The lowest BCUT2D eigenvalue weighted by Gasteiger charge is -2.07. The van der Waals surface area contributed by atoms with Crippen LogP contribution in [0.4, 0.5) is 5.82 Å². The van der Waals surface area contributed by atoms with Crippen LogP contribution in [0, 0.1) is 0 Å². The van der Waals surface area contributed by atoms with Gasteiger partial charge in [-0.3, -0.25) is 9.36 Å². The Labute approximate surface area is 210 Å². The van der Waals surface area contributed by atoms with Crippen LogP contribution < -0.4 is 16.2 Å². The number of benzene rings is 1. The molecule has 1 saturated carbocycles. The first-order valence-electron chi connectivity index (χ1n) is 12.1. The monoisotopic (exact) mass is 488 g/mol.